The fraction of sp³-hybridized carbons (Fsp3) is 0.462. The van der Waals surface area contributed by atoms with Crippen molar-refractivity contribution < 1.29 is 9.84 Å². The van der Waals surface area contributed by atoms with Crippen molar-refractivity contribution in [2.24, 2.45) is 0 Å². The first-order valence-corrected chi connectivity index (χ1v) is 6.76. The van der Waals surface area contributed by atoms with Crippen LogP contribution in [0.1, 0.15) is 30.7 Å². The summed E-state index contributed by atoms with van der Waals surface area (Å²) < 4.78 is 6.76. The number of aliphatic hydroxyl groups excluding tert-OH is 1. The second-order valence-electron chi connectivity index (χ2n) is 4.59. The normalized spacial score (nSPS) is 17.3. The highest BCUT2D eigenvalue weighted by Gasteiger charge is 2.27. The number of rotatable bonds is 4. The third kappa shape index (κ3) is 2.28. The number of aromatic nitrogens is 1. The molecule has 1 aromatic heterocycles. The van der Waals surface area contributed by atoms with Crippen LogP contribution in [0.25, 0.3) is 10.2 Å². The van der Waals surface area contributed by atoms with Gasteiger partial charge in [0.1, 0.15) is 17.9 Å². The molecule has 0 bridgehead atoms. The van der Waals surface area contributed by atoms with Crippen LogP contribution in [0.3, 0.4) is 0 Å². The maximum absolute atomic E-state index is 9.25. The van der Waals surface area contributed by atoms with Gasteiger partial charge in [-0.1, -0.05) is 6.07 Å². The van der Waals surface area contributed by atoms with Crippen LogP contribution >= 0.6 is 11.3 Å². The van der Waals surface area contributed by atoms with E-state index in [2.05, 4.69) is 11.1 Å². The number of hydrogen-bond acceptors (Lipinski definition) is 4. The zero-order valence-electron chi connectivity index (χ0n) is 9.72. The Balaban J connectivity index is 1.93. The van der Waals surface area contributed by atoms with E-state index in [1.165, 1.54) is 22.5 Å². The molecule has 1 aliphatic rings. The molecule has 1 aromatic carbocycles. The van der Waals surface area contributed by atoms with Gasteiger partial charge in [-0.25, -0.2) is 4.98 Å². The lowest BCUT2D eigenvalue weighted by Gasteiger charge is -2.07. The van der Waals surface area contributed by atoms with E-state index in [1.807, 2.05) is 12.1 Å². The maximum atomic E-state index is 9.25. The zero-order chi connectivity index (χ0) is 11.8. The number of hydrogen-bond donors (Lipinski definition) is 1. The van der Waals surface area contributed by atoms with Crippen molar-refractivity contribution >= 4 is 21.6 Å². The molecule has 90 valence electrons. The van der Waals surface area contributed by atoms with E-state index in [4.69, 9.17) is 4.74 Å². The Labute approximate surface area is 104 Å². The Morgan fingerprint density at radius 2 is 2.35 bits per heavy atom. The molecule has 0 spiro atoms. The van der Waals surface area contributed by atoms with Crippen LogP contribution in [-0.4, -0.2) is 22.8 Å². The molecule has 0 amide bonds. The van der Waals surface area contributed by atoms with E-state index in [0.717, 1.165) is 11.3 Å². The summed E-state index contributed by atoms with van der Waals surface area (Å²) in [5, 5.41) is 10.5. The molecule has 0 radical (unpaired) electrons. The van der Waals surface area contributed by atoms with Crippen LogP contribution in [0.2, 0.25) is 0 Å². The van der Waals surface area contributed by atoms with Gasteiger partial charge in [-0.3, -0.25) is 0 Å². The summed E-state index contributed by atoms with van der Waals surface area (Å²) >= 11 is 1.76. The predicted molar refractivity (Wildman–Crippen MR) is 68.8 cm³/mol. The van der Waals surface area contributed by atoms with Crippen LogP contribution in [0.5, 0.6) is 5.75 Å². The quantitative estimate of drug-likeness (QED) is 0.906. The van der Waals surface area contributed by atoms with Crippen molar-refractivity contribution in [2.45, 2.75) is 31.8 Å². The summed E-state index contributed by atoms with van der Waals surface area (Å²) in [6.07, 6.45) is 2.08. The van der Waals surface area contributed by atoms with Gasteiger partial charge in [0.15, 0.2) is 0 Å². The summed E-state index contributed by atoms with van der Waals surface area (Å²) in [4.78, 5) is 4.66. The van der Waals surface area contributed by atoms with Gasteiger partial charge >= 0.3 is 0 Å². The largest absolute Gasteiger partial charge is 0.489 e. The number of aliphatic hydroxyl groups is 1. The molecule has 2 aromatic rings. The number of benzene rings is 1. The third-order valence-corrected chi connectivity index (χ3v) is 3.99. The Bertz CT molecular complexity index is 531. The van der Waals surface area contributed by atoms with Crippen LogP contribution in [0, 0.1) is 0 Å². The van der Waals surface area contributed by atoms with Crippen molar-refractivity contribution in [2.75, 3.05) is 6.61 Å². The standard InChI is InChI=1S/C13H15NO2S/c1-8(15)7-16-10-3-2-4-11-12(10)14-13(17-11)9-5-6-9/h2-4,8-9,15H,5-7H2,1H3. The molecule has 1 atom stereocenters. The van der Waals surface area contributed by atoms with E-state index in [0.29, 0.717) is 12.5 Å². The summed E-state index contributed by atoms with van der Waals surface area (Å²) in [7, 11) is 0. The minimum atomic E-state index is -0.452. The van der Waals surface area contributed by atoms with E-state index in [9.17, 15) is 5.11 Å². The van der Waals surface area contributed by atoms with Gasteiger partial charge in [0.05, 0.1) is 15.8 Å². The second-order valence-corrected chi connectivity index (χ2v) is 5.65. The highest BCUT2D eigenvalue weighted by molar-refractivity contribution is 7.18. The first-order valence-electron chi connectivity index (χ1n) is 5.94. The molecule has 1 saturated carbocycles. The maximum Gasteiger partial charge on any atom is 0.146 e. The van der Waals surface area contributed by atoms with Gasteiger partial charge < -0.3 is 9.84 Å². The molecule has 3 rings (SSSR count). The van der Waals surface area contributed by atoms with Gasteiger partial charge in [0, 0.05) is 5.92 Å². The minimum absolute atomic E-state index is 0.315. The zero-order valence-corrected chi connectivity index (χ0v) is 10.5. The monoisotopic (exact) mass is 249 g/mol. The molecule has 1 fully saturated rings. The lowest BCUT2D eigenvalue weighted by Crippen LogP contribution is -2.12. The molecule has 0 aliphatic heterocycles. The van der Waals surface area contributed by atoms with Crippen LogP contribution in [-0.2, 0) is 0 Å². The van der Waals surface area contributed by atoms with Gasteiger partial charge in [-0.15, -0.1) is 11.3 Å². The van der Waals surface area contributed by atoms with Gasteiger partial charge in [-0.2, -0.15) is 0 Å². The topological polar surface area (TPSA) is 42.4 Å². The average Bonchev–Trinajstić information content (AvgIpc) is 3.06. The van der Waals surface area contributed by atoms with E-state index in [-0.39, 0.29) is 0 Å². The molecule has 1 aliphatic carbocycles. The Hall–Kier alpha value is -1.13. The smallest absolute Gasteiger partial charge is 0.146 e. The van der Waals surface area contributed by atoms with E-state index in [1.54, 1.807) is 18.3 Å². The summed E-state index contributed by atoms with van der Waals surface area (Å²) in [6.45, 7) is 2.03. The predicted octanol–water partition coefficient (Wildman–Crippen LogP) is 2.93. The Morgan fingerprint density at radius 1 is 1.53 bits per heavy atom. The molecule has 3 nitrogen and oxygen atoms in total. The first kappa shape index (κ1) is 11.0. The second kappa shape index (κ2) is 4.27. The number of para-hydroxylation sites is 1. The van der Waals surface area contributed by atoms with Crippen molar-refractivity contribution in [3.05, 3.63) is 23.2 Å². The number of fused-ring (bicyclic) bond motifs is 1. The van der Waals surface area contributed by atoms with Crippen molar-refractivity contribution in [3.8, 4) is 5.75 Å². The molecular weight excluding hydrogens is 234 g/mol. The molecule has 1 N–H and O–H groups in total. The van der Waals surface area contributed by atoms with Crippen LogP contribution in [0.15, 0.2) is 18.2 Å². The van der Waals surface area contributed by atoms with Gasteiger partial charge in [0.2, 0.25) is 0 Å². The first-order chi connectivity index (χ1) is 8.24. The summed E-state index contributed by atoms with van der Waals surface area (Å²) in [5.74, 6) is 1.46. The average molecular weight is 249 g/mol. The van der Waals surface area contributed by atoms with Crippen LogP contribution in [0.4, 0.5) is 0 Å². The molecule has 1 unspecified atom stereocenters. The Morgan fingerprint density at radius 3 is 3.06 bits per heavy atom. The lowest BCUT2D eigenvalue weighted by molar-refractivity contribution is 0.123. The minimum Gasteiger partial charge on any atom is -0.489 e. The van der Waals surface area contributed by atoms with Crippen molar-refractivity contribution in [3.63, 3.8) is 0 Å². The SMILES string of the molecule is CC(O)COc1cccc2sc(C3CC3)nc12. The number of thiazole rings is 1. The van der Waals surface area contributed by atoms with Crippen LogP contribution < -0.4 is 4.74 Å². The van der Waals surface area contributed by atoms with Crippen molar-refractivity contribution in [1.29, 1.82) is 0 Å². The number of ether oxygens (including phenoxy) is 1. The molecule has 17 heavy (non-hydrogen) atoms. The molecular formula is C13H15NO2S. The fourth-order valence-corrected chi connectivity index (χ4v) is 2.93. The molecule has 4 heteroatoms. The van der Waals surface area contributed by atoms with Gasteiger partial charge in [0.25, 0.3) is 0 Å². The van der Waals surface area contributed by atoms with Crippen molar-refractivity contribution in [1.82, 2.24) is 4.98 Å². The molecule has 0 saturated heterocycles. The fourth-order valence-electron chi connectivity index (χ4n) is 1.77. The summed E-state index contributed by atoms with van der Waals surface area (Å²) in [5.41, 5.74) is 0.944. The lowest BCUT2D eigenvalue weighted by atomic mass is 10.3. The highest BCUT2D eigenvalue weighted by atomic mass is 32.1. The highest BCUT2D eigenvalue weighted by Crippen LogP contribution is 2.44. The van der Waals surface area contributed by atoms with E-state index >= 15 is 0 Å². The Kier molecular flexibility index (Phi) is 2.76. The number of nitrogens with zero attached hydrogens (tertiary/aromatic N) is 1. The van der Waals surface area contributed by atoms with E-state index < -0.39 is 6.10 Å². The van der Waals surface area contributed by atoms with Gasteiger partial charge in [-0.05, 0) is 31.9 Å². The summed E-state index contributed by atoms with van der Waals surface area (Å²) in [6, 6.07) is 5.98. The molecule has 1 heterocycles. The third-order valence-electron chi connectivity index (χ3n) is 2.81.